The molecule has 0 aliphatic rings. The van der Waals surface area contributed by atoms with Crippen LogP contribution in [-0.2, 0) is 11.3 Å². The Morgan fingerprint density at radius 3 is 2.43 bits per heavy atom. The van der Waals surface area contributed by atoms with E-state index in [4.69, 9.17) is 9.84 Å². The summed E-state index contributed by atoms with van der Waals surface area (Å²) in [5.41, 5.74) is 2.71. The minimum atomic E-state index is -1.15. The van der Waals surface area contributed by atoms with E-state index < -0.39 is 12.2 Å². The Morgan fingerprint density at radius 2 is 1.83 bits per heavy atom. The van der Waals surface area contributed by atoms with Gasteiger partial charge in [-0.3, -0.25) is 10.2 Å². The van der Waals surface area contributed by atoms with E-state index in [0.29, 0.717) is 16.9 Å². The van der Waals surface area contributed by atoms with Gasteiger partial charge in [0.15, 0.2) is 0 Å². The molecule has 120 valence electrons. The highest BCUT2D eigenvalue weighted by atomic mass is 16.5. The van der Waals surface area contributed by atoms with Crippen LogP contribution in [0.1, 0.15) is 11.1 Å². The van der Waals surface area contributed by atoms with Crippen molar-refractivity contribution >= 4 is 23.6 Å². The molecule has 2 N–H and O–H groups in total. The number of rotatable bonds is 4. The predicted molar refractivity (Wildman–Crippen MR) is 87.9 cm³/mol. The fourth-order valence-electron chi connectivity index (χ4n) is 2.28. The van der Waals surface area contributed by atoms with Gasteiger partial charge in [0, 0.05) is 11.4 Å². The summed E-state index contributed by atoms with van der Waals surface area (Å²) in [5.74, 6) is 0. The van der Waals surface area contributed by atoms with E-state index in [9.17, 15) is 9.59 Å². The molecule has 2 aromatic carbocycles. The summed E-state index contributed by atoms with van der Waals surface area (Å²) in [7, 11) is 1.31. The van der Waals surface area contributed by atoms with Gasteiger partial charge in [-0.2, -0.15) is 0 Å². The van der Waals surface area contributed by atoms with Gasteiger partial charge in [0.05, 0.1) is 13.7 Å². The third kappa shape index (κ3) is 4.00. The maximum atomic E-state index is 12.1. The quantitative estimate of drug-likeness (QED) is 0.898. The average Bonchev–Trinajstić information content (AvgIpc) is 2.54. The second kappa shape index (κ2) is 7.31. The zero-order valence-electron chi connectivity index (χ0n) is 12.9. The number of anilines is 2. The normalized spacial score (nSPS) is 10.0. The molecule has 2 rings (SSSR count). The summed E-state index contributed by atoms with van der Waals surface area (Å²) in [5, 5.41) is 11.3. The van der Waals surface area contributed by atoms with E-state index in [-0.39, 0.29) is 6.54 Å². The highest BCUT2D eigenvalue weighted by Gasteiger charge is 2.19. The molecule has 23 heavy (non-hydrogen) atoms. The maximum absolute atomic E-state index is 12.1. The summed E-state index contributed by atoms with van der Waals surface area (Å²) < 4.78 is 4.85. The highest BCUT2D eigenvalue weighted by Crippen LogP contribution is 2.25. The smallest absolute Gasteiger partial charge is 0.414 e. The van der Waals surface area contributed by atoms with Gasteiger partial charge in [-0.25, -0.2) is 9.59 Å². The van der Waals surface area contributed by atoms with E-state index in [2.05, 4.69) is 5.32 Å². The van der Waals surface area contributed by atoms with Crippen LogP contribution in [0.4, 0.5) is 21.0 Å². The Balaban J connectivity index is 2.41. The molecule has 0 spiro atoms. The van der Waals surface area contributed by atoms with E-state index >= 15 is 0 Å². The molecule has 0 radical (unpaired) electrons. The molecule has 0 saturated carbocycles. The van der Waals surface area contributed by atoms with Crippen LogP contribution < -0.4 is 10.2 Å². The Hall–Kier alpha value is -3.02. The topological polar surface area (TPSA) is 78.9 Å². The number of ether oxygens (including phenoxy) is 1. The number of benzene rings is 2. The number of carbonyl (C=O) groups is 2. The fraction of sp³-hybridized carbons (Fsp3) is 0.176. The molecule has 0 aromatic heterocycles. The van der Waals surface area contributed by atoms with Crippen LogP contribution in [0.5, 0.6) is 0 Å². The standard InChI is InChI=1S/C17H18N2O4/c1-12-7-6-10-15(18-16(20)21)14(12)11-19(17(22)23-2)13-8-4-3-5-9-13/h3-10,18H,11H2,1-2H3,(H,20,21). The van der Waals surface area contributed by atoms with Crippen molar-refractivity contribution in [1.82, 2.24) is 0 Å². The first-order valence-corrected chi connectivity index (χ1v) is 7.02. The van der Waals surface area contributed by atoms with E-state index in [1.807, 2.05) is 31.2 Å². The van der Waals surface area contributed by atoms with Crippen molar-refractivity contribution in [2.75, 3.05) is 17.3 Å². The van der Waals surface area contributed by atoms with Crippen LogP contribution in [0.3, 0.4) is 0 Å². The monoisotopic (exact) mass is 314 g/mol. The first-order valence-electron chi connectivity index (χ1n) is 7.02. The molecule has 0 bridgehead atoms. The first kappa shape index (κ1) is 16.4. The van der Waals surface area contributed by atoms with Gasteiger partial charge in [-0.1, -0.05) is 30.3 Å². The molecule has 0 fully saturated rings. The number of nitrogens with zero attached hydrogens (tertiary/aromatic N) is 1. The summed E-state index contributed by atoms with van der Waals surface area (Å²) in [4.78, 5) is 24.5. The molecular weight excluding hydrogens is 296 g/mol. The molecule has 0 atom stereocenters. The fourth-order valence-corrected chi connectivity index (χ4v) is 2.28. The SMILES string of the molecule is COC(=O)N(Cc1c(C)cccc1NC(=O)O)c1ccccc1. The molecule has 6 nitrogen and oxygen atoms in total. The van der Waals surface area contributed by atoms with Crippen molar-refractivity contribution in [3.63, 3.8) is 0 Å². The maximum Gasteiger partial charge on any atom is 0.414 e. The van der Waals surface area contributed by atoms with E-state index in [1.165, 1.54) is 12.0 Å². The predicted octanol–water partition coefficient (Wildman–Crippen LogP) is 3.86. The lowest BCUT2D eigenvalue weighted by atomic mass is 10.1. The van der Waals surface area contributed by atoms with Crippen molar-refractivity contribution < 1.29 is 19.4 Å². The lowest BCUT2D eigenvalue weighted by Crippen LogP contribution is -2.31. The molecule has 0 heterocycles. The minimum Gasteiger partial charge on any atom is -0.465 e. The second-order valence-electron chi connectivity index (χ2n) is 4.92. The van der Waals surface area contributed by atoms with Crippen molar-refractivity contribution in [2.24, 2.45) is 0 Å². The summed E-state index contributed by atoms with van der Waals surface area (Å²) in [6, 6.07) is 14.4. The Bertz CT molecular complexity index is 701. The van der Waals surface area contributed by atoms with Gasteiger partial charge in [-0.15, -0.1) is 0 Å². The highest BCUT2D eigenvalue weighted by molar-refractivity contribution is 5.89. The summed E-state index contributed by atoms with van der Waals surface area (Å²) in [6.45, 7) is 2.06. The summed E-state index contributed by atoms with van der Waals surface area (Å²) in [6.07, 6.45) is -1.66. The van der Waals surface area contributed by atoms with Crippen LogP contribution in [0.15, 0.2) is 48.5 Å². The third-order valence-electron chi connectivity index (χ3n) is 3.43. The van der Waals surface area contributed by atoms with Crippen molar-refractivity contribution in [2.45, 2.75) is 13.5 Å². The van der Waals surface area contributed by atoms with Crippen LogP contribution in [0.2, 0.25) is 0 Å². The number of amides is 2. The number of para-hydroxylation sites is 1. The molecule has 0 saturated heterocycles. The molecule has 2 aromatic rings. The third-order valence-corrected chi connectivity index (χ3v) is 3.43. The zero-order chi connectivity index (χ0) is 16.8. The van der Waals surface area contributed by atoms with Crippen LogP contribution in [-0.4, -0.2) is 24.4 Å². The van der Waals surface area contributed by atoms with Crippen LogP contribution >= 0.6 is 0 Å². The Kier molecular flexibility index (Phi) is 5.19. The van der Waals surface area contributed by atoms with Gasteiger partial charge in [0.25, 0.3) is 0 Å². The average molecular weight is 314 g/mol. The zero-order valence-corrected chi connectivity index (χ0v) is 12.9. The number of nitrogens with one attached hydrogen (secondary N) is 1. The van der Waals surface area contributed by atoms with Crippen molar-refractivity contribution in [3.8, 4) is 0 Å². The lowest BCUT2D eigenvalue weighted by Gasteiger charge is -2.23. The van der Waals surface area contributed by atoms with Gasteiger partial charge < -0.3 is 9.84 Å². The minimum absolute atomic E-state index is 0.193. The van der Waals surface area contributed by atoms with E-state index in [0.717, 1.165) is 5.56 Å². The number of aryl methyl sites for hydroxylation is 1. The number of hydrogen-bond donors (Lipinski definition) is 2. The number of hydrogen-bond acceptors (Lipinski definition) is 3. The van der Waals surface area contributed by atoms with Gasteiger partial charge >= 0.3 is 12.2 Å². The molecule has 6 heteroatoms. The number of carbonyl (C=O) groups excluding carboxylic acids is 1. The molecule has 0 aliphatic heterocycles. The Morgan fingerprint density at radius 1 is 1.13 bits per heavy atom. The lowest BCUT2D eigenvalue weighted by molar-refractivity contribution is 0.178. The van der Waals surface area contributed by atoms with Crippen LogP contribution in [0, 0.1) is 6.92 Å². The largest absolute Gasteiger partial charge is 0.465 e. The summed E-state index contributed by atoms with van der Waals surface area (Å²) >= 11 is 0. The van der Waals surface area contributed by atoms with E-state index in [1.54, 1.807) is 24.3 Å². The first-order chi connectivity index (χ1) is 11.0. The van der Waals surface area contributed by atoms with Crippen molar-refractivity contribution in [1.29, 1.82) is 0 Å². The van der Waals surface area contributed by atoms with Crippen molar-refractivity contribution in [3.05, 3.63) is 59.7 Å². The second-order valence-corrected chi connectivity index (χ2v) is 4.92. The molecular formula is C17H18N2O4. The number of methoxy groups -OCH3 is 1. The molecule has 0 aliphatic carbocycles. The van der Waals surface area contributed by atoms with Crippen LogP contribution in [0.25, 0.3) is 0 Å². The van der Waals surface area contributed by atoms with Gasteiger partial charge in [0.2, 0.25) is 0 Å². The number of carboxylic acid groups (broad SMARTS) is 1. The molecule has 0 unspecified atom stereocenters. The van der Waals surface area contributed by atoms with Gasteiger partial charge in [0.1, 0.15) is 0 Å². The molecule has 2 amide bonds. The Labute approximate surface area is 134 Å². The van der Waals surface area contributed by atoms with Gasteiger partial charge in [-0.05, 0) is 36.2 Å².